The van der Waals surface area contributed by atoms with Crippen molar-refractivity contribution in [3.63, 3.8) is 0 Å². The van der Waals surface area contributed by atoms with Gasteiger partial charge in [-0.2, -0.15) is 9.97 Å². The smallest absolute Gasteiger partial charge is 0.232 e. The van der Waals surface area contributed by atoms with Crippen molar-refractivity contribution >= 4 is 34.9 Å². The van der Waals surface area contributed by atoms with Gasteiger partial charge in [-0.3, -0.25) is 4.90 Å². The predicted octanol–water partition coefficient (Wildman–Crippen LogP) is 2.89. The average molecular weight is 496 g/mol. The first-order chi connectivity index (χ1) is 17.1. The van der Waals surface area contributed by atoms with Gasteiger partial charge in [0.25, 0.3) is 0 Å². The molecule has 3 aliphatic rings. The van der Waals surface area contributed by atoms with Crippen molar-refractivity contribution in [1.82, 2.24) is 20.2 Å². The number of rotatable bonds is 6. The van der Waals surface area contributed by atoms with Crippen LogP contribution in [0.25, 0.3) is 0 Å². The number of fused-ring (bicyclic) bond motifs is 1. The number of aromatic nitrogens is 2. The van der Waals surface area contributed by atoms with Gasteiger partial charge in [-0.25, -0.2) is 0 Å². The molecule has 4 heterocycles. The Bertz CT molecular complexity index is 1010. The van der Waals surface area contributed by atoms with Gasteiger partial charge in [0.05, 0.1) is 13.2 Å². The Balaban J connectivity index is 1.29. The topological polar surface area (TPSA) is 68.8 Å². The van der Waals surface area contributed by atoms with Crippen molar-refractivity contribution in [3.8, 4) is 0 Å². The first-order valence-corrected chi connectivity index (χ1v) is 13.4. The number of nitrogens with zero attached hydrogens (tertiary/aromatic N) is 5. The molecule has 9 heteroatoms. The summed E-state index contributed by atoms with van der Waals surface area (Å²) in [6.45, 7) is 11.5. The molecule has 1 aromatic heterocycles. The van der Waals surface area contributed by atoms with E-state index < -0.39 is 0 Å². The maximum atomic E-state index is 5.60. The molecule has 0 unspecified atom stereocenters. The molecule has 0 radical (unpaired) electrons. The fourth-order valence-electron chi connectivity index (χ4n) is 5.19. The molecular formula is C26H37N7OS. The number of ether oxygens (including phenoxy) is 1. The maximum Gasteiger partial charge on any atom is 0.232 e. The maximum absolute atomic E-state index is 5.60. The van der Waals surface area contributed by atoms with Crippen molar-refractivity contribution in [2.45, 2.75) is 32.7 Å². The van der Waals surface area contributed by atoms with Gasteiger partial charge in [0.1, 0.15) is 11.6 Å². The minimum Gasteiger partial charge on any atom is -0.379 e. The van der Waals surface area contributed by atoms with Crippen LogP contribution < -0.4 is 20.4 Å². The molecule has 1 atom stereocenters. The van der Waals surface area contributed by atoms with E-state index in [-0.39, 0.29) is 0 Å². The van der Waals surface area contributed by atoms with Gasteiger partial charge in [-0.15, -0.1) is 0 Å². The highest BCUT2D eigenvalue weighted by molar-refractivity contribution is 7.80. The summed E-state index contributed by atoms with van der Waals surface area (Å²) < 4.78 is 5.43. The summed E-state index contributed by atoms with van der Waals surface area (Å²) in [6, 6.07) is 10.9. The van der Waals surface area contributed by atoms with Gasteiger partial charge in [0.15, 0.2) is 5.11 Å². The van der Waals surface area contributed by atoms with Gasteiger partial charge >= 0.3 is 0 Å². The van der Waals surface area contributed by atoms with E-state index in [1.54, 1.807) is 0 Å². The molecule has 188 valence electrons. The molecule has 2 aromatic rings. The normalized spacial score (nSPS) is 20.9. The molecule has 2 saturated heterocycles. The van der Waals surface area contributed by atoms with Gasteiger partial charge in [0.2, 0.25) is 5.95 Å². The molecule has 35 heavy (non-hydrogen) atoms. The second-order valence-electron chi connectivity index (χ2n) is 9.88. The number of morpholine rings is 1. The monoisotopic (exact) mass is 495 g/mol. The average Bonchev–Trinajstić information content (AvgIpc) is 2.89. The molecule has 0 bridgehead atoms. The number of anilines is 3. The lowest BCUT2D eigenvalue weighted by Gasteiger charge is -2.34. The van der Waals surface area contributed by atoms with Crippen LogP contribution >= 0.6 is 12.2 Å². The van der Waals surface area contributed by atoms with Gasteiger partial charge < -0.3 is 25.2 Å². The van der Waals surface area contributed by atoms with Gasteiger partial charge in [0, 0.05) is 58.4 Å². The predicted molar refractivity (Wildman–Crippen MR) is 145 cm³/mol. The Kier molecular flexibility index (Phi) is 7.95. The minimum atomic E-state index is 0.567. The fourth-order valence-corrected chi connectivity index (χ4v) is 5.38. The lowest BCUT2D eigenvalue weighted by Crippen LogP contribution is -2.42. The number of thiocarbonyl (C=S) groups is 1. The lowest BCUT2D eigenvalue weighted by molar-refractivity contribution is 0.0389. The third-order valence-corrected chi connectivity index (χ3v) is 7.42. The molecule has 8 nitrogen and oxygen atoms in total. The summed E-state index contributed by atoms with van der Waals surface area (Å²) in [5.41, 5.74) is 2.81. The van der Waals surface area contributed by atoms with Crippen LogP contribution in [0, 0.1) is 5.92 Å². The Hall–Kier alpha value is -2.49. The van der Waals surface area contributed by atoms with Crippen molar-refractivity contribution in [3.05, 3.63) is 41.5 Å². The van der Waals surface area contributed by atoms with E-state index in [0.29, 0.717) is 17.0 Å². The zero-order chi connectivity index (χ0) is 24.0. The third-order valence-electron chi connectivity index (χ3n) is 7.18. The van der Waals surface area contributed by atoms with Crippen molar-refractivity contribution in [2.24, 2.45) is 5.92 Å². The molecule has 0 spiro atoms. The second-order valence-corrected chi connectivity index (χ2v) is 10.3. The van der Waals surface area contributed by atoms with Crippen LogP contribution in [0.15, 0.2) is 30.3 Å². The molecule has 0 aliphatic carbocycles. The molecule has 3 aliphatic heterocycles. The quantitative estimate of drug-likeness (QED) is 0.589. The Morgan fingerprint density at radius 3 is 2.63 bits per heavy atom. The lowest BCUT2D eigenvalue weighted by atomic mass is 10.00. The summed E-state index contributed by atoms with van der Waals surface area (Å²) in [4.78, 5) is 16.9. The van der Waals surface area contributed by atoms with Crippen LogP contribution in [0.2, 0.25) is 0 Å². The second kappa shape index (κ2) is 11.5. The Morgan fingerprint density at radius 1 is 1.06 bits per heavy atom. The Labute approximate surface area is 214 Å². The van der Waals surface area contributed by atoms with E-state index in [2.05, 4.69) is 62.6 Å². The standard InChI is InChI=1S/C26H37N7OS/c1-20-5-4-10-32(18-20)23-17-24(33-11-8-21-6-2-3-7-22(21)19-33)29-25(28-23)30-26(35)27-9-12-31-13-15-34-16-14-31/h2-3,6-7,17,20H,4-5,8-16,18-19H2,1H3,(H2,27,28,29,30,35)/t20-/m0/s1. The SMILES string of the molecule is C[C@H]1CCCN(c2cc(N3CCc4ccccc4C3)nc(NC(=S)NCCN3CCOCC3)n2)C1. The van der Waals surface area contributed by atoms with Crippen molar-refractivity contribution in [2.75, 3.05) is 74.1 Å². The van der Waals surface area contributed by atoms with Crippen molar-refractivity contribution < 1.29 is 4.74 Å². The summed E-state index contributed by atoms with van der Waals surface area (Å²) in [6.07, 6.45) is 3.50. The van der Waals surface area contributed by atoms with Crippen LogP contribution in [0.5, 0.6) is 0 Å². The zero-order valence-electron chi connectivity index (χ0n) is 20.7. The van der Waals surface area contributed by atoms with Crippen LogP contribution in [-0.2, 0) is 17.7 Å². The molecule has 0 amide bonds. The fraction of sp³-hybridized carbons (Fsp3) is 0.577. The molecule has 2 fully saturated rings. The Morgan fingerprint density at radius 2 is 1.83 bits per heavy atom. The summed E-state index contributed by atoms with van der Waals surface area (Å²) in [5, 5.41) is 7.16. The molecular weight excluding hydrogens is 458 g/mol. The van der Waals surface area contributed by atoms with E-state index >= 15 is 0 Å². The first kappa shape index (κ1) is 24.2. The first-order valence-electron chi connectivity index (χ1n) is 12.9. The van der Waals surface area contributed by atoms with E-state index in [1.807, 2.05) is 0 Å². The number of benzene rings is 1. The third kappa shape index (κ3) is 6.39. The van der Waals surface area contributed by atoms with Crippen LogP contribution in [0.1, 0.15) is 30.9 Å². The summed E-state index contributed by atoms with van der Waals surface area (Å²) in [5.74, 6) is 3.18. The van der Waals surface area contributed by atoms with E-state index in [1.165, 1.54) is 24.0 Å². The molecule has 1 aromatic carbocycles. The summed E-state index contributed by atoms with van der Waals surface area (Å²) >= 11 is 5.60. The minimum absolute atomic E-state index is 0.567. The van der Waals surface area contributed by atoms with Crippen LogP contribution in [0.4, 0.5) is 17.6 Å². The van der Waals surface area contributed by atoms with E-state index in [0.717, 1.165) is 83.6 Å². The van der Waals surface area contributed by atoms with E-state index in [4.69, 9.17) is 26.9 Å². The van der Waals surface area contributed by atoms with Crippen LogP contribution in [0.3, 0.4) is 0 Å². The highest BCUT2D eigenvalue weighted by Gasteiger charge is 2.23. The van der Waals surface area contributed by atoms with Gasteiger partial charge in [-0.05, 0) is 48.5 Å². The highest BCUT2D eigenvalue weighted by Crippen LogP contribution is 2.29. The number of piperidine rings is 1. The summed E-state index contributed by atoms with van der Waals surface area (Å²) in [7, 11) is 0. The number of hydrogen-bond donors (Lipinski definition) is 2. The zero-order valence-corrected chi connectivity index (χ0v) is 21.5. The largest absolute Gasteiger partial charge is 0.379 e. The molecule has 5 rings (SSSR count). The van der Waals surface area contributed by atoms with Gasteiger partial charge in [-0.1, -0.05) is 31.2 Å². The number of hydrogen-bond acceptors (Lipinski definition) is 7. The van der Waals surface area contributed by atoms with Crippen LogP contribution in [-0.4, -0.2) is 79.0 Å². The number of nitrogens with one attached hydrogen (secondary N) is 2. The van der Waals surface area contributed by atoms with E-state index in [9.17, 15) is 0 Å². The highest BCUT2D eigenvalue weighted by atomic mass is 32.1. The van der Waals surface area contributed by atoms with Crippen molar-refractivity contribution in [1.29, 1.82) is 0 Å². The molecule has 0 saturated carbocycles. The molecule has 2 N–H and O–H groups in total.